The van der Waals surface area contributed by atoms with E-state index in [1.807, 2.05) is 6.07 Å². The number of benzene rings is 1. The van der Waals surface area contributed by atoms with Crippen molar-refractivity contribution in [1.82, 2.24) is 0 Å². The van der Waals surface area contributed by atoms with Crippen LogP contribution in [0.3, 0.4) is 0 Å². The summed E-state index contributed by atoms with van der Waals surface area (Å²) < 4.78 is 10.2. The lowest BCUT2D eigenvalue weighted by atomic mass is 10.2. The first-order valence-corrected chi connectivity index (χ1v) is 5.82. The molecule has 19 heavy (non-hydrogen) atoms. The van der Waals surface area contributed by atoms with Gasteiger partial charge in [-0.1, -0.05) is 6.07 Å². The zero-order valence-electron chi connectivity index (χ0n) is 10.8. The van der Waals surface area contributed by atoms with Crippen LogP contribution < -0.4 is 15.8 Å². The van der Waals surface area contributed by atoms with Gasteiger partial charge >= 0.3 is 0 Å². The molecule has 0 saturated heterocycles. The Morgan fingerprint density at radius 2 is 2.37 bits per heavy atom. The third-order valence-corrected chi connectivity index (χ3v) is 2.43. The minimum absolute atomic E-state index is 0.0314. The number of hydrogen-bond donors (Lipinski definition) is 2. The van der Waals surface area contributed by atoms with Crippen LogP contribution in [0.15, 0.2) is 24.3 Å². The number of methoxy groups -OCH3 is 1. The van der Waals surface area contributed by atoms with Crippen LogP contribution in [0.2, 0.25) is 0 Å². The van der Waals surface area contributed by atoms with E-state index in [2.05, 4.69) is 5.32 Å². The summed E-state index contributed by atoms with van der Waals surface area (Å²) in [5.41, 5.74) is 6.05. The predicted molar refractivity (Wildman–Crippen MR) is 70.6 cm³/mol. The van der Waals surface area contributed by atoms with Crippen LogP contribution >= 0.6 is 0 Å². The molecular weight excluding hydrogens is 246 g/mol. The minimum atomic E-state index is -0.293. The normalized spacial score (nSPS) is 11.4. The number of anilines is 1. The minimum Gasteiger partial charge on any atom is -0.479 e. The van der Waals surface area contributed by atoms with Crippen molar-refractivity contribution in [1.29, 1.82) is 5.26 Å². The molecule has 0 aliphatic rings. The number of carbonyl (C=O) groups is 1. The number of nitriles is 1. The Labute approximate surface area is 112 Å². The van der Waals surface area contributed by atoms with Crippen molar-refractivity contribution >= 4 is 11.6 Å². The van der Waals surface area contributed by atoms with E-state index >= 15 is 0 Å². The summed E-state index contributed by atoms with van der Waals surface area (Å²) in [6, 6.07) is 8.72. The Hall–Kier alpha value is -2.10. The summed E-state index contributed by atoms with van der Waals surface area (Å²) in [7, 11) is 1.52. The molecule has 0 radical (unpaired) electrons. The topological polar surface area (TPSA) is 97.4 Å². The SMILES string of the molecule is COC(CN)CC(=O)Nc1cccc(OCC#N)c1. The van der Waals surface area contributed by atoms with Crippen molar-refractivity contribution in [3.63, 3.8) is 0 Å². The van der Waals surface area contributed by atoms with Crippen molar-refractivity contribution < 1.29 is 14.3 Å². The van der Waals surface area contributed by atoms with Gasteiger partial charge in [0, 0.05) is 25.4 Å². The second-order valence-corrected chi connectivity index (χ2v) is 3.82. The number of nitrogens with two attached hydrogens (primary N) is 1. The lowest BCUT2D eigenvalue weighted by Gasteiger charge is -2.13. The number of carbonyl (C=O) groups excluding carboxylic acids is 1. The molecule has 1 amide bonds. The largest absolute Gasteiger partial charge is 0.479 e. The molecule has 102 valence electrons. The molecule has 0 aliphatic heterocycles. The third-order valence-electron chi connectivity index (χ3n) is 2.43. The van der Waals surface area contributed by atoms with Crippen LogP contribution in [0.4, 0.5) is 5.69 Å². The van der Waals surface area contributed by atoms with Crippen LogP contribution in [0, 0.1) is 11.3 Å². The lowest BCUT2D eigenvalue weighted by molar-refractivity contribution is -0.118. The smallest absolute Gasteiger partial charge is 0.227 e. The highest BCUT2D eigenvalue weighted by Crippen LogP contribution is 2.17. The maximum Gasteiger partial charge on any atom is 0.227 e. The second kappa shape index (κ2) is 8.08. The molecule has 0 aliphatic carbocycles. The molecule has 0 aromatic heterocycles. The first-order valence-electron chi connectivity index (χ1n) is 5.82. The molecule has 6 heteroatoms. The highest BCUT2D eigenvalue weighted by atomic mass is 16.5. The molecule has 0 bridgehead atoms. The first-order chi connectivity index (χ1) is 9.19. The van der Waals surface area contributed by atoms with Gasteiger partial charge in [-0.3, -0.25) is 4.79 Å². The Morgan fingerprint density at radius 3 is 3.00 bits per heavy atom. The number of hydrogen-bond acceptors (Lipinski definition) is 5. The van der Waals surface area contributed by atoms with E-state index in [4.69, 9.17) is 20.5 Å². The molecule has 3 N–H and O–H groups in total. The molecule has 6 nitrogen and oxygen atoms in total. The van der Waals surface area contributed by atoms with Gasteiger partial charge in [0.15, 0.2) is 6.61 Å². The quantitative estimate of drug-likeness (QED) is 0.761. The van der Waals surface area contributed by atoms with E-state index in [-0.39, 0.29) is 31.6 Å². The van der Waals surface area contributed by atoms with Crippen molar-refractivity contribution in [2.24, 2.45) is 5.73 Å². The fourth-order valence-electron chi connectivity index (χ4n) is 1.46. The number of nitrogens with one attached hydrogen (secondary N) is 1. The Balaban J connectivity index is 2.56. The van der Waals surface area contributed by atoms with Gasteiger partial charge in [0.25, 0.3) is 0 Å². The molecule has 0 fully saturated rings. The summed E-state index contributed by atoms with van der Waals surface area (Å²) in [4.78, 5) is 11.7. The number of nitrogens with zero attached hydrogens (tertiary/aromatic N) is 1. The lowest BCUT2D eigenvalue weighted by Crippen LogP contribution is -2.28. The fourth-order valence-corrected chi connectivity index (χ4v) is 1.46. The number of ether oxygens (including phenoxy) is 2. The van der Waals surface area contributed by atoms with Gasteiger partial charge in [0.2, 0.25) is 5.91 Å². The van der Waals surface area contributed by atoms with Gasteiger partial charge in [-0.05, 0) is 12.1 Å². The van der Waals surface area contributed by atoms with Gasteiger partial charge in [-0.25, -0.2) is 0 Å². The van der Waals surface area contributed by atoms with E-state index in [9.17, 15) is 4.79 Å². The monoisotopic (exact) mass is 263 g/mol. The van der Waals surface area contributed by atoms with Crippen LogP contribution in [0.25, 0.3) is 0 Å². The van der Waals surface area contributed by atoms with Gasteiger partial charge in [-0.2, -0.15) is 5.26 Å². The standard InChI is InChI=1S/C13H17N3O3/c1-18-12(9-15)8-13(17)16-10-3-2-4-11(7-10)19-6-5-14/h2-4,7,12H,6,8-9,15H2,1H3,(H,16,17). The molecule has 1 aromatic rings. The third kappa shape index (κ3) is 5.38. The van der Waals surface area contributed by atoms with Gasteiger partial charge < -0.3 is 20.5 Å². The molecule has 0 saturated carbocycles. The fraction of sp³-hybridized carbons (Fsp3) is 0.385. The highest BCUT2D eigenvalue weighted by molar-refractivity contribution is 5.91. The molecule has 1 rings (SSSR count). The first kappa shape index (κ1) is 15.0. The van der Waals surface area contributed by atoms with Gasteiger partial charge in [-0.15, -0.1) is 0 Å². The molecular formula is C13H17N3O3. The average molecular weight is 263 g/mol. The zero-order valence-corrected chi connectivity index (χ0v) is 10.8. The van der Waals surface area contributed by atoms with Gasteiger partial charge in [0.1, 0.15) is 11.8 Å². The van der Waals surface area contributed by atoms with Crippen LogP contribution in [0.5, 0.6) is 5.75 Å². The van der Waals surface area contributed by atoms with E-state index in [1.165, 1.54) is 7.11 Å². The number of amides is 1. The van der Waals surface area contributed by atoms with E-state index in [0.717, 1.165) is 0 Å². The highest BCUT2D eigenvalue weighted by Gasteiger charge is 2.11. The number of rotatable bonds is 7. The maximum absolute atomic E-state index is 11.7. The van der Waals surface area contributed by atoms with Crippen molar-refractivity contribution in [3.05, 3.63) is 24.3 Å². The van der Waals surface area contributed by atoms with E-state index < -0.39 is 0 Å². The second-order valence-electron chi connectivity index (χ2n) is 3.82. The van der Waals surface area contributed by atoms with Crippen molar-refractivity contribution in [2.45, 2.75) is 12.5 Å². The zero-order chi connectivity index (χ0) is 14.1. The molecule has 1 atom stereocenters. The summed E-state index contributed by atoms with van der Waals surface area (Å²) >= 11 is 0. The maximum atomic E-state index is 11.7. The van der Waals surface area contributed by atoms with Crippen LogP contribution in [-0.2, 0) is 9.53 Å². The Morgan fingerprint density at radius 1 is 1.58 bits per heavy atom. The summed E-state index contributed by atoms with van der Waals surface area (Å²) in [6.07, 6.45) is -0.103. The predicted octanol–water partition coefficient (Wildman–Crippen LogP) is 0.891. The average Bonchev–Trinajstić information content (AvgIpc) is 2.43. The molecule has 0 spiro atoms. The summed E-state index contributed by atoms with van der Waals surface area (Å²) in [5, 5.41) is 11.1. The van der Waals surface area contributed by atoms with Crippen molar-refractivity contribution in [3.8, 4) is 11.8 Å². The van der Waals surface area contributed by atoms with E-state index in [0.29, 0.717) is 11.4 Å². The van der Waals surface area contributed by atoms with Gasteiger partial charge in [0.05, 0.1) is 12.5 Å². The van der Waals surface area contributed by atoms with Crippen LogP contribution in [-0.4, -0.2) is 32.3 Å². The summed E-state index contributed by atoms with van der Waals surface area (Å²) in [5.74, 6) is 0.344. The van der Waals surface area contributed by atoms with E-state index in [1.54, 1.807) is 24.3 Å². The molecule has 1 unspecified atom stereocenters. The van der Waals surface area contributed by atoms with Crippen LogP contribution in [0.1, 0.15) is 6.42 Å². The molecule has 0 heterocycles. The Bertz CT molecular complexity index is 453. The molecule has 1 aromatic carbocycles. The Kier molecular flexibility index (Phi) is 6.36. The van der Waals surface area contributed by atoms with Crippen molar-refractivity contribution in [2.75, 3.05) is 25.6 Å². The summed E-state index contributed by atoms with van der Waals surface area (Å²) in [6.45, 7) is 0.256.